The number of allylic oxidation sites excluding steroid dienone is 1. The van der Waals surface area contributed by atoms with E-state index in [0.29, 0.717) is 0 Å². The molecule has 1 aliphatic rings. The van der Waals surface area contributed by atoms with E-state index in [-0.39, 0.29) is 6.42 Å². The van der Waals surface area contributed by atoms with Gasteiger partial charge < -0.3 is 4.74 Å². The van der Waals surface area contributed by atoms with Crippen LogP contribution in [0.15, 0.2) is 12.2 Å². The Kier molecular flexibility index (Phi) is 2.31. The topological polar surface area (TPSA) is 43.4 Å². The number of rotatable bonds is 2. The van der Waals surface area contributed by atoms with E-state index in [9.17, 15) is 9.59 Å². The van der Waals surface area contributed by atoms with Gasteiger partial charge in [0.25, 0.3) is 0 Å². The van der Waals surface area contributed by atoms with Crippen LogP contribution in [0.3, 0.4) is 0 Å². The number of carbonyl (C=O) groups excluding carboxylic acids is 2. The monoisotopic (exact) mass is 168 g/mol. The van der Waals surface area contributed by atoms with Crippen molar-refractivity contribution in [1.82, 2.24) is 0 Å². The van der Waals surface area contributed by atoms with E-state index < -0.39 is 17.4 Å². The lowest BCUT2D eigenvalue weighted by molar-refractivity contribution is -0.154. The average molecular weight is 168 g/mol. The van der Waals surface area contributed by atoms with Gasteiger partial charge in [-0.2, -0.15) is 0 Å². The highest BCUT2D eigenvalue weighted by atomic mass is 16.6. The summed E-state index contributed by atoms with van der Waals surface area (Å²) in [5, 5.41) is 0. The highest BCUT2D eigenvalue weighted by molar-refractivity contribution is 5.98. The van der Waals surface area contributed by atoms with E-state index in [1.807, 2.05) is 13.0 Å². The van der Waals surface area contributed by atoms with Crippen LogP contribution in [-0.4, -0.2) is 11.9 Å². The van der Waals surface area contributed by atoms with Crippen molar-refractivity contribution in [2.75, 3.05) is 0 Å². The summed E-state index contributed by atoms with van der Waals surface area (Å²) < 4.78 is 4.44. The van der Waals surface area contributed by atoms with E-state index in [1.165, 1.54) is 0 Å². The number of esters is 2. The van der Waals surface area contributed by atoms with Gasteiger partial charge in [-0.05, 0) is 13.3 Å². The van der Waals surface area contributed by atoms with Crippen molar-refractivity contribution >= 4 is 11.9 Å². The molecule has 3 heteroatoms. The lowest BCUT2D eigenvalue weighted by atomic mass is 9.88. The first kappa shape index (κ1) is 8.97. The number of cyclic esters (lactones) is 2. The third kappa shape index (κ3) is 1.55. The summed E-state index contributed by atoms with van der Waals surface area (Å²) in [6.07, 6.45) is 4.65. The van der Waals surface area contributed by atoms with E-state index in [4.69, 9.17) is 0 Å². The fourth-order valence-electron chi connectivity index (χ4n) is 1.13. The molecule has 0 amide bonds. The number of carbonyl (C=O) groups is 2. The molecule has 1 heterocycles. The average Bonchev–Trinajstić information content (AvgIpc) is 2.23. The maximum Gasteiger partial charge on any atom is 0.323 e. The maximum atomic E-state index is 11.1. The molecule has 0 aromatic rings. The van der Waals surface area contributed by atoms with Crippen molar-refractivity contribution in [3.8, 4) is 0 Å². The molecule has 66 valence electrons. The summed E-state index contributed by atoms with van der Waals surface area (Å²) >= 11 is 0. The third-order valence-electron chi connectivity index (χ3n) is 1.91. The van der Waals surface area contributed by atoms with Gasteiger partial charge in [0.1, 0.15) is 0 Å². The van der Waals surface area contributed by atoms with Gasteiger partial charge in [0.05, 0.1) is 11.8 Å². The summed E-state index contributed by atoms with van der Waals surface area (Å²) in [4.78, 5) is 21.9. The minimum absolute atomic E-state index is 0.169. The molecule has 1 rings (SSSR count). The summed E-state index contributed by atoms with van der Waals surface area (Å²) in [6.45, 7) is 3.69. The molecule has 0 spiro atoms. The summed E-state index contributed by atoms with van der Waals surface area (Å²) in [5.41, 5.74) is -0.715. The number of hydrogen-bond acceptors (Lipinski definition) is 3. The Morgan fingerprint density at radius 3 is 2.67 bits per heavy atom. The van der Waals surface area contributed by atoms with Gasteiger partial charge >= 0.3 is 11.9 Å². The molecule has 1 aliphatic heterocycles. The molecule has 1 saturated heterocycles. The van der Waals surface area contributed by atoms with E-state index in [0.717, 1.165) is 6.42 Å². The maximum absolute atomic E-state index is 11.1. The second-order valence-electron chi connectivity index (χ2n) is 3.17. The Balaban J connectivity index is 2.77. The minimum Gasteiger partial charge on any atom is -0.392 e. The smallest absolute Gasteiger partial charge is 0.323 e. The standard InChI is InChI=1S/C9H12O3/c1-3-4-5-9(2)6-7(10)12-8(9)11/h4-5H,3,6H2,1-2H3. The van der Waals surface area contributed by atoms with Gasteiger partial charge in [0.15, 0.2) is 0 Å². The number of ether oxygens (including phenoxy) is 1. The molecule has 0 N–H and O–H groups in total. The van der Waals surface area contributed by atoms with Crippen LogP contribution in [0.1, 0.15) is 26.7 Å². The van der Waals surface area contributed by atoms with Crippen molar-refractivity contribution in [1.29, 1.82) is 0 Å². The molecule has 0 aromatic heterocycles. The van der Waals surface area contributed by atoms with E-state index in [1.54, 1.807) is 13.0 Å². The SMILES string of the molecule is CCC=CC1(C)CC(=O)OC1=O. The van der Waals surface area contributed by atoms with E-state index in [2.05, 4.69) is 4.74 Å². The molecule has 0 saturated carbocycles. The Hall–Kier alpha value is -1.12. The van der Waals surface area contributed by atoms with Gasteiger partial charge in [-0.3, -0.25) is 9.59 Å². The molecule has 0 bridgehead atoms. The van der Waals surface area contributed by atoms with Crippen LogP contribution in [0.25, 0.3) is 0 Å². The van der Waals surface area contributed by atoms with Crippen molar-refractivity contribution in [3.63, 3.8) is 0 Å². The normalized spacial score (nSPS) is 29.8. The third-order valence-corrected chi connectivity index (χ3v) is 1.91. The van der Waals surface area contributed by atoms with Crippen molar-refractivity contribution < 1.29 is 14.3 Å². The van der Waals surface area contributed by atoms with Crippen LogP contribution >= 0.6 is 0 Å². The predicted molar refractivity (Wildman–Crippen MR) is 43.3 cm³/mol. The summed E-state index contributed by atoms with van der Waals surface area (Å²) in [7, 11) is 0. The largest absolute Gasteiger partial charge is 0.392 e. The van der Waals surface area contributed by atoms with Crippen LogP contribution in [0, 0.1) is 5.41 Å². The first-order chi connectivity index (χ1) is 5.58. The Bertz CT molecular complexity index is 242. The molecular weight excluding hydrogens is 156 g/mol. The molecule has 1 fully saturated rings. The summed E-state index contributed by atoms with van der Waals surface area (Å²) in [5.74, 6) is -0.861. The van der Waals surface area contributed by atoms with Gasteiger partial charge in [-0.25, -0.2) is 0 Å². The number of hydrogen-bond donors (Lipinski definition) is 0. The molecule has 12 heavy (non-hydrogen) atoms. The van der Waals surface area contributed by atoms with Crippen molar-refractivity contribution in [2.24, 2.45) is 5.41 Å². The van der Waals surface area contributed by atoms with Crippen LogP contribution < -0.4 is 0 Å². The van der Waals surface area contributed by atoms with E-state index >= 15 is 0 Å². The Morgan fingerprint density at radius 1 is 1.58 bits per heavy atom. The first-order valence-corrected chi connectivity index (χ1v) is 4.01. The second kappa shape index (κ2) is 3.09. The second-order valence-corrected chi connectivity index (χ2v) is 3.17. The zero-order chi connectivity index (χ0) is 9.19. The predicted octanol–water partition coefficient (Wildman–Crippen LogP) is 1.43. The van der Waals surface area contributed by atoms with Gasteiger partial charge in [0, 0.05) is 0 Å². The minimum atomic E-state index is -0.715. The first-order valence-electron chi connectivity index (χ1n) is 4.01. The fraction of sp³-hybridized carbons (Fsp3) is 0.556. The van der Waals surface area contributed by atoms with Gasteiger partial charge in [0.2, 0.25) is 0 Å². The zero-order valence-corrected chi connectivity index (χ0v) is 7.29. The molecule has 0 aliphatic carbocycles. The highest BCUT2D eigenvalue weighted by Gasteiger charge is 2.42. The van der Waals surface area contributed by atoms with Gasteiger partial charge in [-0.1, -0.05) is 19.1 Å². The molecule has 0 aromatic carbocycles. The van der Waals surface area contributed by atoms with Crippen molar-refractivity contribution in [2.45, 2.75) is 26.7 Å². The molecule has 1 atom stereocenters. The van der Waals surface area contributed by atoms with Gasteiger partial charge in [-0.15, -0.1) is 0 Å². The highest BCUT2D eigenvalue weighted by Crippen LogP contribution is 2.31. The molecular formula is C9H12O3. The fourth-order valence-corrected chi connectivity index (χ4v) is 1.13. The quantitative estimate of drug-likeness (QED) is 0.356. The summed E-state index contributed by atoms with van der Waals surface area (Å²) in [6, 6.07) is 0. The van der Waals surface area contributed by atoms with Crippen LogP contribution in [0.4, 0.5) is 0 Å². The lowest BCUT2D eigenvalue weighted by Crippen LogP contribution is -2.18. The van der Waals surface area contributed by atoms with Crippen LogP contribution in [0.2, 0.25) is 0 Å². The lowest BCUT2D eigenvalue weighted by Gasteiger charge is -2.10. The zero-order valence-electron chi connectivity index (χ0n) is 7.29. The molecule has 0 radical (unpaired) electrons. The van der Waals surface area contributed by atoms with Crippen LogP contribution in [0.5, 0.6) is 0 Å². The molecule has 1 unspecified atom stereocenters. The van der Waals surface area contributed by atoms with Crippen LogP contribution in [-0.2, 0) is 14.3 Å². The van der Waals surface area contributed by atoms with Crippen molar-refractivity contribution in [3.05, 3.63) is 12.2 Å². The Morgan fingerprint density at radius 2 is 2.25 bits per heavy atom. The molecule has 3 nitrogen and oxygen atoms in total. The Labute approximate surface area is 71.4 Å².